The molecule has 1 N–H and O–H groups in total. The van der Waals surface area contributed by atoms with Crippen molar-refractivity contribution in [1.29, 1.82) is 0 Å². The molecule has 1 saturated heterocycles. The summed E-state index contributed by atoms with van der Waals surface area (Å²) in [6.45, 7) is 2.66. The minimum atomic E-state index is -3.68. The second-order valence-electron chi connectivity index (χ2n) is 6.29. The van der Waals surface area contributed by atoms with Crippen LogP contribution in [0.5, 0.6) is 5.75 Å². The van der Waals surface area contributed by atoms with Gasteiger partial charge in [0.2, 0.25) is 10.0 Å². The molecule has 0 saturated carbocycles. The SMILES string of the molecule is Cc1ccc(NC(=O)COc2cccc(F)c2)cc1S(=O)(=O)N1CCOCC1. The quantitative estimate of drug-likeness (QED) is 0.792. The first-order valence-corrected chi connectivity index (χ1v) is 10.2. The molecule has 1 aliphatic heterocycles. The molecule has 1 amide bonds. The van der Waals surface area contributed by atoms with Crippen LogP contribution in [-0.2, 0) is 19.6 Å². The summed E-state index contributed by atoms with van der Waals surface area (Å²) in [6, 6.07) is 10.1. The minimum absolute atomic E-state index is 0.137. The van der Waals surface area contributed by atoms with Crippen LogP contribution in [0.1, 0.15) is 5.56 Å². The molecule has 9 heteroatoms. The molecule has 3 rings (SSSR count). The van der Waals surface area contributed by atoms with Gasteiger partial charge < -0.3 is 14.8 Å². The molecule has 150 valence electrons. The van der Waals surface area contributed by atoms with Crippen molar-refractivity contribution in [3.63, 3.8) is 0 Å². The Bertz CT molecular complexity index is 959. The first-order valence-electron chi connectivity index (χ1n) is 8.73. The third-order valence-electron chi connectivity index (χ3n) is 4.23. The highest BCUT2D eigenvalue weighted by Crippen LogP contribution is 2.24. The second kappa shape index (κ2) is 8.68. The average molecular weight is 408 g/mol. The van der Waals surface area contributed by atoms with E-state index < -0.39 is 21.7 Å². The Labute approximate surface area is 163 Å². The van der Waals surface area contributed by atoms with E-state index in [0.29, 0.717) is 37.6 Å². The fourth-order valence-corrected chi connectivity index (χ4v) is 4.44. The lowest BCUT2D eigenvalue weighted by Crippen LogP contribution is -2.40. The van der Waals surface area contributed by atoms with Crippen molar-refractivity contribution in [1.82, 2.24) is 4.31 Å². The predicted molar refractivity (Wildman–Crippen MR) is 101 cm³/mol. The van der Waals surface area contributed by atoms with Gasteiger partial charge in [0.1, 0.15) is 11.6 Å². The summed E-state index contributed by atoms with van der Waals surface area (Å²) < 4.78 is 50.7. The van der Waals surface area contributed by atoms with Crippen LogP contribution in [0.3, 0.4) is 0 Å². The molecule has 0 radical (unpaired) electrons. The summed E-state index contributed by atoms with van der Waals surface area (Å²) in [5, 5.41) is 2.60. The van der Waals surface area contributed by atoms with Gasteiger partial charge in [-0.25, -0.2) is 12.8 Å². The van der Waals surface area contributed by atoms with E-state index in [0.717, 1.165) is 0 Å². The molecule has 2 aromatic carbocycles. The molecule has 0 unspecified atom stereocenters. The summed E-state index contributed by atoms with van der Waals surface area (Å²) in [4.78, 5) is 12.2. The van der Waals surface area contributed by atoms with Crippen LogP contribution in [0, 0.1) is 12.7 Å². The molecule has 1 fully saturated rings. The fraction of sp³-hybridized carbons (Fsp3) is 0.316. The Balaban J connectivity index is 1.69. The monoisotopic (exact) mass is 408 g/mol. The number of morpholine rings is 1. The first kappa shape index (κ1) is 20.2. The Kier molecular flexibility index (Phi) is 6.28. The van der Waals surface area contributed by atoms with Crippen molar-refractivity contribution in [3.8, 4) is 5.75 Å². The zero-order chi connectivity index (χ0) is 20.1. The number of anilines is 1. The molecule has 0 aromatic heterocycles. The molecular formula is C19H21FN2O5S. The van der Waals surface area contributed by atoms with Gasteiger partial charge in [-0.1, -0.05) is 12.1 Å². The maximum Gasteiger partial charge on any atom is 0.262 e. The van der Waals surface area contributed by atoms with E-state index in [9.17, 15) is 17.6 Å². The van der Waals surface area contributed by atoms with Gasteiger partial charge >= 0.3 is 0 Å². The van der Waals surface area contributed by atoms with E-state index in [4.69, 9.17) is 9.47 Å². The Morgan fingerprint density at radius 2 is 1.96 bits per heavy atom. The van der Waals surface area contributed by atoms with Crippen molar-refractivity contribution in [3.05, 3.63) is 53.8 Å². The molecule has 0 atom stereocenters. The Hall–Kier alpha value is -2.49. The van der Waals surface area contributed by atoms with E-state index in [2.05, 4.69) is 5.32 Å². The number of hydrogen-bond donors (Lipinski definition) is 1. The van der Waals surface area contributed by atoms with Gasteiger partial charge in [-0.2, -0.15) is 4.31 Å². The molecule has 1 heterocycles. The lowest BCUT2D eigenvalue weighted by Gasteiger charge is -2.26. The zero-order valence-corrected chi connectivity index (χ0v) is 16.2. The molecular weight excluding hydrogens is 387 g/mol. The first-order chi connectivity index (χ1) is 13.4. The van der Waals surface area contributed by atoms with Crippen molar-refractivity contribution < 1.29 is 27.1 Å². The summed E-state index contributed by atoms with van der Waals surface area (Å²) in [7, 11) is -3.68. The highest BCUT2D eigenvalue weighted by Gasteiger charge is 2.28. The number of rotatable bonds is 6. The van der Waals surface area contributed by atoms with Crippen LogP contribution in [0.4, 0.5) is 10.1 Å². The molecule has 7 nitrogen and oxygen atoms in total. The number of nitrogens with one attached hydrogen (secondary N) is 1. The van der Waals surface area contributed by atoms with Gasteiger partial charge in [0.15, 0.2) is 6.61 Å². The average Bonchev–Trinajstić information content (AvgIpc) is 2.68. The number of benzene rings is 2. The van der Waals surface area contributed by atoms with Crippen LogP contribution in [0.25, 0.3) is 0 Å². The fourth-order valence-electron chi connectivity index (χ4n) is 2.78. The van der Waals surface area contributed by atoms with E-state index in [1.165, 1.54) is 34.6 Å². The van der Waals surface area contributed by atoms with E-state index >= 15 is 0 Å². The number of aryl methyl sites for hydroxylation is 1. The van der Waals surface area contributed by atoms with Crippen molar-refractivity contribution in [2.24, 2.45) is 0 Å². The van der Waals surface area contributed by atoms with Crippen molar-refractivity contribution >= 4 is 21.6 Å². The predicted octanol–water partition coefficient (Wildman–Crippen LogP) is 2.17. The van der Waals surface area contributed by atoms with Crippen LogP contribution in [-0.4, -0.2) is 51.5 Å². The molecule has 1 aliphatic rings. The summed E-state index contributed by atoms with van der Waals surface area (Å²) in [5.41, 5.74) is 0.922. The van der Waals surface area contributed by atoms with Gasteiger partial charge in [0.05, 0.1) is 18.1 Å². The third kappa shape index (κ3) is 4.86. The molecule has 0 aliphatic carbocycles. The number of nitrogens with zero attached hydrogens (tertiary/aromatic N) is 1. The minimum Gasteiger partial charge on any atom is -0.484 e. The summed E-state index contributed by atoms with van der Waals surface area (Å²) in [5.74, 6) is -0.716. The summed E-state index contributed by atoms with van der Waals surface area (Å²) >= 11 is 0. The number of hydrogen-bond acceptors (Lipinski definition) is 5. The number of carbonyl (C=O) groups excluding carboxylic acids is 1. The lowest BCUT2D eigenvalue weighted by molar-refractivity contribution is -0.118. The zero-order valence-electron chi connectivity index (χ0n) is 15.4. The third-order valence-corrected chi connectivity index (χ3v) is 6.27. The largest absolute Gasteiger partial charge is 0.484 e. The number of ether oxygens (including phenoxy) is 2. The molecule has 0 bridgehead atoms. The Morgan fingerprint density at radius 3 is 2.68 bits per heavy atom. The maximum absolute atomic E-state index is 13.1. The molecule has 2 aromatic rings. The Morgan fingerprint density at radius 1 is 1.21 bits per heavy atom. The van der Waals surface area contributed by atoms with Crippen LogP contribution in [0.2, 0.25) is 0 Å². The topological polar surface area (TPSA) is 84.9 Å². The summed E-state index contributed by atoms with van der Waals surface area (Å²) in [6.07, 6.45) is 0. The van der Waals surface area contributed by atoms with Crippen molar-refractivity contribution in [2.45, 2.75) is 11.8 Å². The van der Waals surface area contributed by atoms with Gasteiger partial charge in [-0.05, 0) is 36.8 Å². The number of amides is 1. The van der Waals surface area contributed by atoms with Crippen LogP contribution in [0.15, 0.2) is 47.4 Å². The van der Waals surface area contributed by atoms with E-state index in [1.807, 2.05) is 0 Å². The second-order valence-corrected chi connectivity index (χ2v) is 8.20. The highest BCUT2D eigenvalue weighted by molar-refractivity contribution is 7.89. The normalized spacial score (nSPS) is 15.2. The standard InChI is InChI=1S/C19H21FN2O5S/c1-14-5-6-16(12-18(14)28(24,25)22-7-9-26-10-8-22)21-19(23)13-27-17-4-2-3-15(20)11-17/h2-6,11-12H,7-10,13H2,1H3,(H,21,23). The van der Waals surface area contributed by atoms with E-state index in [1.54, 1.807) is 19.1 Å². The van der Waals surface area contributed by atoms with Crippen LogP contribution >= 0.6 is 0 Å². The molecule has 0 spiro atoms. The van der Waals surface area contributed by atoms with Gasteiger partial charge in [-0.3, -0.25) is 4.79 Å². The number of halogens is 1. The van der Waals surface area contributed by atoms with Gasteiger partial charge in [-0.15, -0.1) is 0 Å². The van der Waals surface area contributed by atoms with Gasteiger partial charge in [0.25, 0.3) is 5.91 Å². The van der Waals surface area contributed by atoms with Crippen LogP contribution < -0.4 is 10.1 Å². The number of carbonyl (C=O) groups is 1. The molecule has 28 heavy (non-hydrogen) atoms. The highest BCUT2D eigenvalue weighted by atomic mass is 32.2. The van der Waals surface area contributed by atoms with Gasteiger partial charge in [0, 0.05) is 24.8 Å². The smallest absolute Gasteiger partial charge is 0.262 e. The lowest BCUT2D eigenvalue weighted by atomic mass is 10.2. The maximum atomic E-state index is 13.1. The number of sulfonamides is 1. The van der Waals surface area contributed by atoms with Crippen molar-refractivity contribution in [2.75, 3.05) is 38.2 Å². The van der Waals surface area contributed by atoms with E-state index in [-0.39, 0.29) is 17.3 Å².